The Bertz CT molecular complexity index is 916. The Morgan fingerprint density at radius 2 is 2.00 bits per heavy atom. The minimum atomic E-state index is 0.0181. The van der Waals surface area contributed by atoms with Gasteiger partial charge in [0.05, 0.1) is 22.8 Å². The highest BCUT2D eigenvalue weighted by Crippen LogP contribution is 2.44. The third-order valence-corrected chi connectivity index (χ3v) is 7.99. The van der Waals surface area contributed by atoms with E-state index < -0.39 is 0 Å². The molecule has 1 amide bonds. The fourth-order valence-corrected chi connectivity index (χ4v) is 6.23. The average molecular weight is 410 g/mol. The van der Waals surface area contributed by atoms with Gasteiger partial charge in [-0.3, -0.25) is 4.79 Å². The molecule has 6 nitrogen and oxygen atoms in total. The van der Waals surface area contributed by atoms with Crippen molar-refractivity contribution in [3.8, 4) is 0 Å². The summed E-state index contributed by atoms with van der Waals surface area (Å²) in [4.78, 5) is 18.0. The third-order valence-electron chi connectivity index (χ3n) is 7.99. The predicted octanol–water partition coefficient (Wildman–Crippen LogP) is 4.75. The fourth-order valence-electron chi connectivity index (χ4n) is 6.23. The Hall–Kier alpha value is -2.11. The van der Waals surface area contributed by atoms with Gasteiger partial charge in [0.15, 0.2) is 5.65 Å². The molecule has 2 N–H and O–H groups in total. The van der Waals surface area contributed by atoms with Crippen LogP contribution < -0.4 is 10.6 Å². The number of aryl methyl sites for hydroxylation is 1. The number of pyridine rings is 1. The summed E-state index contributed by atoms with van der Waals surface area (Å²) < 4.78 is 1.91. The van der Waals surface area contributed by atoms with Crippen LogP contribution in [0.15, 0.2) is 12.4 Å². The highest BCUT2D eigenvalue weighted by molar-refractivity contribution is 6.06. The lowest BCUT2D eigenvalue weighted by Gasteiger charge is -2.30. The lowest BCUT2D eigenvalue weighted by atomic mass is 9.84. The number of hydrogen-bond acceptors (Lipinski definition) is 4. The first-order chi connectivity index (χ1) is 14.6. The molecule has 0 radical (unpaired) electrons. The molecular formula is C24H35N5O. The van der Waals surface area contributed by atoms with Gasteiger partial charge in [0.1, 0.15) is 0 Å². The molecule has 1 unspecified atom stereocenters. The standard InChI is InChI=1S/C24H35N5O/c1-3-29-23-19(14-26-29)22(27-15(2)17-7-5-4-6-8-17)20(13-25-23)24(30)28-21-12-16-9-10-18(21)11-16/h13-18,21H,3-12H2,1-2H3,(H,25,27)(H,28,30)/t15-,16+,18?,21+/m0/s1. The van der Waals surface area contributed by atoms with E-state index in [-0.39, 0.29) is 5.91 Å². The maximum Gasteiger partial charge on any atom is 0.255 e. The molecule has 0 saturated heterocycles. The predicted molar refractivity (Wildman–Crippen MR) is 120 cm³/mol. The van der Waals surface area contributed by atoms with Gasteiger partial charge >= 0.3 is 0 Å². The molecule has 162 valence electrons. The number of carbonyl (C=O) groups is 1. The minimum Gasteiger partial charge on any atom is -0.381 e. The molecule has 30 heavy (non-hydrogen) atoms. The van der Waals surface area contributed by atoms with Crippen molar-refractivity contribution < 1.29 is 4.79 Å². The first-order valence-electron chi connectivity index (χ1n) is 12.1. The number of anilines is 1. The van der Waals surface area contributed by atoms with Gasteiger partial charge < -0.3 is 10.6 Å². The second-order valence-electron chi connectivity index (χ2n) is 9.83. The highest BCUT2D eigenvalue weighted by atomic mass is 16.1. The van der Waals surface area contributed by atoms with Crippen molar-refractivity contribution in [3.63, 3.8) is 0 Å². The molecule has 6 heteroatoms. The number of nitrogens with zero attached hydrogens (tertiary/aromatic N) is 3. The summed E-state index contributed by atoms with van der Waals surface area (Å²) in [5, 5.41) is 12.6. The summed E-state index contributed by atoms with van der Waals surface area (Å²) in [5.74, 6) is 2.15. The first kappa shape index (κ1) is 19.8. The lowest BCUT2D eigenvalue weighted by molar-refractivity contribution is 0.0923. The summed E-state index contributed by atoms with van der Waals surface area (Å²) in [5.41, 5.74) is 2.44. The summed E-state index contributed by atoms with van der Waals surface area (Å²) in [6.45, 7) is 5.11. The summed E-state index contributed by atoms with van der Waals surface area (Å²) >= 11 is 0. The van der Waals surface area contributed by atoms with Crippen molar-refractivity contribution in [2.45, 2.75) is 90.3 Å². The Morgan fingerprint density at radius 1 is 1.17 bits per heavy atom. The van der Waals surface area contributed by atoms with Gasteiger partial charge in [-0.1, -0.05) is 25.7 Å². The van der Waals surface area contributed by atoms with Gasteiger partial charge in [-0.2, -0.15) is 5.10 Å². The van der Waals surface area contributed by atoms with E-state index in [9.17, 15) is 4.79 Å². The number of carbonyl (C=O) groups excluding carboxylic acids is 1. The van der Waals surface area contributed by atoms with E-state index in [0.717, 1.165) is 35.6 Å². The molecule has 3 fully saturated rings. The maximum absolute atomic E-state index is 13.4. The number of amides is 1. The van der Waals surface area contributed by atoms with Crippen molar-refractivity contribution >= 4 is 22.6 Å². The van der Waals surface area contributed by atoms with E-state index in [1.807, 2.05) is 10.9 Å². The molecule has 5 rings (SSSR count). The zero-order valence-corrected chi connectivity index (χ0v) is 18.4. The number of fused-ring (bicyclic) bond motifs is 3. The van der Waals surface area contributed by atoms with E-state index in [1.54, 1.807) is 6.20 Å². The van der Waals surface area contributed by atoms with E-state index >= 15 is 0 Å². The molecule has 3 aliphatic carbocycles. The zero-order chi connectivity index (χ0) is 20.7. The third kappa shape index (κ3) is 3.58. The van der Waals surface area contributed by atoms with Crippen LogP contribution in [0.25, 0.3) is 11.0 Å². The Morgan fingerprint density at radius 3 is 2.70 bits per heavy atom. The van der Waals surface area contributed by atoms with Crippen LogP contribution in [-0.4, -0.2) is 32.8 Å². The number of aromatic nitrogens is 3. The molecule has 0 aromatic carbocycles. The van der Waals surface area contributed by atoms with Crippen LogP contribution >= 0.6 is 0 Å². The fraction of sp³-hybridized carbons (Fsp3) is 0.708. The zero-order valence-electron chi connectivity index (χ0n) is 18.4. The van der Waals surface area contributed by atoms with E-state index in [4.69, 9.17) is 0 Å². The SMILES string of the molecule is CCn1ncc2c(N[C@@H](C)C3CCCCC3)c(C(=O)N[C@@H]3C[C@@H]4CCC3C4)cnc21. The lowest BCUT2D eigenvalue weighted by Crippen LogP contribution is -2.39. The Kier molecular flexibility index (Phi) is 5.42. The van der Waals surface area contributed by atoms with Crippen molar-refractivity contribution in [2.75, 3.05) is 5.32 Å². The molecule has 2 aromatic rings. The topological polar surface area (TPSA) is 71.8 Å². The van der Waals surface area contributed by atoms with Crippen LogP contribution in [0.5, 0.6) is 0 Å². The van der Waals surface area contributed by atoms with Gasteiger partial charge in [-0.25, -0.2) is 9.67 Å². The largest absolute Gasteiger partial charge is 0.381 e. The van der Waals surface area contributed by atoms with Crippen molar-refractivity contribution in [2.24, 2.45) is 17.8 Å². The maximum atomic E-state index is 13.4. The van der Waals surface area contributed by atoms with Gasteiger partial charge in [0.2, 0.25) is 0 Å². The monoisotopic (exact) mass is 409 g/mol. The van der Waals surface area contributed by atoms with Crippen LogP contribution in [0.2, 0.25) is 0 Å². The molecular weight excluding hydrogens is 374 g/mol. The molecule has 4 atom stereocenters. The van der Waals surface area contributed by atoms with Gasteiger partial charge in [0, 0.05) is 24.8 Å². The summed E-state index contributed by atoms with van der Waals surface area (Å²) in [6.07, 6.45) is 15.2. The van der Waals surface area contributed by atoms with Crippen LogP contribution in [0.1, 0.15) is 82.0 Å². The molecule has 0 aliphatic heterocycles. The Balaban J connectivity index is 1.44. The molecule has 2 aromatic heterocycles. The van der Waals surface area contributed by atoms with E-state index in [0.29, 0.717) is 29.5 Å². The molecule has 0 spiro atoms. The molecule has 3 saturated carbocycles. The van der Waals surface area contributed by atoms with Gasteiger partial charge in [0.25, 0.3) is 5.91 Å². The van der Waals surface area contributed by atoms with Crippen LogP contribution in [0, 0.1) is 17.8 Å². The van der Waals surface area contributed by atoms with Crippen LogP contribution in [0.4, 0.5) is 5.69 Å². The van der Waals surface area contributed by atoms with E-state index in [2.05, 4.69) is 34.6 Å². The normalized spacial score (nSPS) is 27.5. The number of nitrogens with one attached hydrogen (secondary N) is 2. The molecule has 2 bridgehead atoms. The van der Waals surface area contributed by atoms with Gasteiger partial charge in [-0.05, 0) is 63.7 Å². The average Bonchev–Trinajstić information content (AvgIpc) is 3.49. The van der Waals surface area contributed by atoms with Crippen molar-refractivity contribution in [1.29, 1.82) is 0 Å². The Labute approximate surface area is 179 Å². The van der Waals surface area contributed by atoms with Crippen molar-refractivity contribution in [1.82, 2.24) is 20.1 Å². The van der Waals surface area contributed by atoms with E-state index in [1.165, 1.54) is 51.4 Å². The summed E-state index contributed by atoms with van der Waals surface area (Å²) in [6, 6.07) is 0.656. The van der Waals surface area contributed by atoms with Crippen LogP contribution in [-0.2, 0) is 6.54 Å². The van der Waals surface area contributed by atoms with Gasteiger partial charge in [-0.15, -0.1) is 0 Å². The number of rotatable bonds is 6. The number of hydrogen-bond donors (Lipinski definition) is 2. The van der Waals surface area contributed by atoms with Crippen molar-refractivity contribution in [3.05, 3.63) is 18.0 Å². The highest BCUT2D eigenvalue weighted by Gasteiger charge is 2.40. The molecule has 3 aliphatic rings. The quantitative estimate of drug-likeness (QED) is 0.722. The minimum absolute atomic E-state index is 0.0181. The summed E-state index contributed by atoms with van der Waals surface area (Å²) in [7, 11) is 0. The molecule has 2 heterocycles. The first-order valence-corrected chi connectivity index (χ1v) is 12.1. The van der Waals surface area contributed by atoms with Crippen LogP contribution in [0.3, 0.4) is 0 Å². The second-order valence-corrected chi connectivity index (χ2v) is 9.83. The second kappa shape index (κ2) is 8.20. The smallest absolute Gasteiger partial charge is 0.255 e.